The van der Waals surface area contributed by atoms with E-state index in [2.05, 4.69) is 20.9 Å². The number of hydrogen-bond donors (Lipinski definition) is 1. The normalized spacial score (nSPS) is 11.0. The minimum atomic E-state index is -0.375. The second-order valence-corrected chi connectivity index (χ2v) is 5.91. The van der Waals surface area contributed by atoms with Gasteiger partial charge >= 0.3 is 0 Å². The third kappa shape index (κ3) is 2.34. The lowest BCUT2D eigenvalue weighted by molar-refractivity contribution is 0.619. The van der Waals surface area contributed by atoms with Gasteiger partial charge in [0.25, 0.3) is 5.56 Å². The third-order valence-electron chi connectivity index (χ3n) is 3.29. The minimum Gasteiger partial charge on any atom is -0.331 e. The van der Waals surface area contributed by atoms with E-state index in [-0.39, 0.29) is 20.6 Å². The summed E-state index contributed by atoms with van der Waals surface area (Å²) in [5.41, 5.74) is 1.64. The van der Waals surface area contributed by atoms with Crippen molar-refractivity contribution in [2.24, 2.45) is 0 Å². The van der Waals surface area contributed by atoms with E-state index in [1.165, 1.54) is 10.6 Å². The van der Waals surface area contributed by atoms with E-state index in [1.807, 2.05) is 6.07 Å². The van der Waals surface area contributed by atoms with E-state index in [4.69, 9.17) is 12.2 Å². The lowest BCUT2D eigenvalue weighted by atomic mass is 10.2. The molecule has 2 aromatic carbocycles. The van der Waals surface area contributed by atoms with Crippen molar-refractivity contribution in [1.29, 1.82) is 0 Å². The van der Waals surface area contributed by atoms with E-state index < -0.39 is 0 Å². The van der Waals surface area contributed by atoms with Crippen LogP contribution in [0.15, 0.2) is 45.7 Å². The molecule has 0 radical (unpaired) electrons. The number of para-hydroxylation sites is 1. The Balaban J connectivity index is 2.44. The molecule has 0 unspecified atom stereocenters. The summed E-state index contributed by atoms with van der Waals surface area (Å²) in [4.78, 5) is 15.7. The first-order valence-electron chi connectivity index (χ1n) is 6.19. The van der Waals surface area contributed by atoms with Crippen molar-refractivity contribution < 1.29 is 4.39 Å². The molecule has 3 aromatic rings. The van der Waals surface area contributed by atoms with Gasteiger partial charge in [-0.3, -0.25) is 9.36 Å². The number of nitrogens with one attached hydrogen (secondary N) is 1. The van der Waals surface area contributed by atoms with Gasteiger partial charge in [0.1, 0.15) is 5.82 Å². The van der Waals surface area contributed by atoms with Crippen molar-refractivity contribution in [2.45, 2.75) is 6.92 Å². The summed E-state index contributed by atoms with van der Waals surface area (Å²) in [6.45, 7) is 1.74. The van der Waals surface area contributed by atoms with Crippen molar-refractivity contribution in [1.82, 2.24) is 9.55 Å². The third-order valence-corrected chi connectivity index (χ3v) is 4.18. The van der Waals surface area contributed by atoms with Crippen molar-refractivity contribution in [3.05, 3.63) is 67.4 Å². The molecule has 1 aromatic heterocycles. The molecule has 1 heterocycles. The van der Waals surface area contributed by atoms with E-state index >= 15 is 0 Å². The monoisotopic (exact) mass is 364 g/mol. The Labute approximate surface area is 133 Å². The van der Waals surface area contributed by atoms with Crippen LogP contribution >= 0.6 is 28.1 Å². The maximum Gasteiger partial charge on any atom is 0.266 e. The highest BCUT2D eigenvalue weighted by atomic mass is 79.9. The molecule has 0 bridgehead atoms. The fourth-order valence-electron chi connectivity index (χ4n) is 2.26. The molecular weight excluding hydrogens is 355 g/mol. The van der Waals surface area contributed by atoms with Crippen molar-refractivity contribution in [3.63, 3.8) is 0 Å². The van der Waals surface area contributed by atoms with Gasteiger partial charge in [-0.15, -0.1) is 0 Å². The largest absolute Gasteiger partial charge is 0.331 e. The highest BCUT2D eigenvalue weighted by molar-refractivity contribution is 9.10. The van der Waals surface area contributed by atoms with Gasteiger partial charge in [0.2, 0.25) is 0 Å². The summed E-state index contributed by atoms with van der Waals surface area (Å²) in [5.74, 6) is -0.375. The Hall–Kier alpha value is -1.79. The Bertz CT molecular complexity index is 978. The highest BCUT2D eigenvalue weighted by Crippen LogP contribution is 2.23. The molecule has 0 fully saturated rings. The molecule has 3 nitrogen and oxygen atoms in total. The number of aryl methyl sites for hydroxylation is 1. The first kappa shape index (κ1) is 14.2. The Kier molecular flexibility index (Phi) is 3.51. The summed E-state index contributed by atoms with van der Waals surface area (Å²) in [5, 5.41) is 0.533. The number of rotatable bonds is 1. The standard InChI is InChI=1S/C15H10BrFN2OS/c1-8-6-11(17)10(16)7-13(8)19-14(20)9-4-2-3-5-12(9)18-15(19)21/h2-7H,1H3,(H,18,21). The second-order valence-electron chi connectivity index (χ2n) is 4.67. The molecule has 0 saturated heterocycles. The summed E-state index contributed by atoms with van der Waals surface area (Å²) >= 11 is 8.42. The minimum absolute atomic E-state index is 0.226. The van der Waals surface area contributed by atoms with E-state index in [1.54, 1.807) is 31.2 Å². The molecule has 0 atom stereocenters. The van der Waals surface area contributed by atoms with Gasteiger partial charge < -0.3 is 4.98 Å². The van der Waals surface area contributed by atoms with Gasteiger partial charge in [-0.2, -0.15) is 0 Å². The van der Waals surface area contributed by atoms with Crippen LogP contribution < -0.4 is 5.56 Å². The van der Waals surface area contributed by atoms with E-state index in [9.17, 15) is 9.18 Å². The fourth-order valence-corrected chi connectivity index (χ4v) is 2.88. The molecule has 0 amide bonds. The topological polar surface area (TPSA) is 37.8 Å². The zero-order chi connectivity index (χ0) is 15.1. The molecule has 21 heavy (non-hydrogen) atoms. The van der Waals surface area contributed by atoms with Crippen LogP contribution in [0.25, 0.3) is 16.6 Å². The van der Waals surface area contributed by atoms with Crippen LogP contribution in [0, 0.1) is 17.5 Å². The molecule has 1 N–H and O–H groups in total. The number of aromatic amines is 1. The van der Waals surface area contributed by atoms with Crippen LogP contribution in [0.2, 0.25) is 0 Å². The number of fused-ring (bicyclic) bond motifs is 1. The summed E-state index contributed by atoms with van der Waals surface area (Å²) < 4.78 is 15.5. The van der Waals surface area contributed by atoms with E-state index in [0.717, 1.165) is 0 Å². The molecule has 0 aliphatic carbocycles. The predicted molar refractivity (Wildman–Crippen MR) is 87.1 cm³/mol. The summed E-state index contributed by atoms with van der Waals surface area (Å²) in [6.07, 6.45) is 0. The van der Waals surface area contributed by atoms with Gasteiger partial charge in [0.15, 0.2) is 4.77 Å². The molecule has 6 heteroatoms. The van der Waals surface area contributed by atoms with E-state index in [0.29, 0.717) is 22.2 Å². The summed E-state index contributed by atoms with van der Waals surface area (Å²) in [6, 6.07) is 10.1. The van der Waals surface area contributed by atoms with Gasteiger partial charge in [0.05, 0.1) is 21.1 Å². The maximum absolute atomic E-state index is 13.6. The molecule has 3 rings (SSSR count). The SMILES string of the molecule is Cc1cc(F)c(Br)cc1-n1c(=S)[nH]c2ccccc2c1=O. The van der Waals surface area contributed by atoms with Crippen molar-refractivity contribution in [3.8, 4) is 5.69 Å². The van der Waals surface area contributed by atoms with Crippen LogP contribution in [-0.2, 0) is 0 Å². The zero-order valence-corrected chi connectivity index (χ0v) is 13.4. The lowest BCUT2D eigenvalue weighted by Gasteiger charge is -2.11. The van der Waals surface area contributed by atoms with Crippen molar-refractivity contribution in [2.75, 3.05) is 0 Å². The van der Waals surface area contributed by atoms with Crippen LogP contribution in [0.3, 0.4) is 0 Å². The fraction of sp³-hybridized carbons (Fsp3) is 0.0667. The number of benzene rings is 2. The lowest BCUT2D eigenvalue weighted by Crippen LogP contribution is -2.21. The Morgan fingerprint density at radius 2 is 2.00 bits per heavy atom. The number of aromatic nitrogens is 2. The summed E-state index contributed by atoms with van der Waals surface area (Å²) in [7, 11) is 0. The zero-order valence-electron chi connectivity index (χ0n) is 11.0. The Morgan fingerprint density at radius 1 is 1.29 bits per heavy atom. The van der Waals surface area contributed by atoms with Crippen LogP contribution in [0.1, 0.15) is 5.56 Å². The molecule has 0 aliphatic heterocycles. The highest BCUT2D eigenvalue weighted by Gasteiger charge is 2.12. The maximum atomic E-state index is 13.6. The quantitative estimate of drug-likeness (QED) is 0.655. The second kappa shape index (κ2) is 5.20. The van der Waals surface area contributed by atoms with Gasteiger partial charge in [-0.1, -0.05) is 12.1 Å². The molecule has 0 spiro atoms. The van der Waals surface area contributed by atoms with Crippen LogP contribution in [0.4, 0.5) is 4.39 Å². The number of H-pyrrole nitrogens is 1. The first-order valence-corrected chi connectivity index (χ1v) is 7.39. The smallest absolute Gasteiger partial charge is 0.266 e. The van der Waals surface area contributed by atoms with Gasteiger partial charge in [0, 0.05) is 0 Å². The van der Waals surface area contributed by atoms with Gasteiger partial charge in [-0.05, 0) is 64.9 Å². The van der Waals surface area contributed by atoms with Crippen molar-refractivity contribution >= 4 is 39.1 Å². The van der Waals surface area contributed by atoms with Gasteiger partial charge in [-0.25, -0.2) is 4.39 Å². The van der Waals surface area contributed by atoms with Crippen LogP contribution in [-0.4, -0.2) is 9.55 Å². The Morgan fingerprint density at radius 3 is 2.76 bits per heavy atom. The number of halogens is 2. The van der Waals surface area contributed by atoms with Crippen LogP contribution in [0.5, 0.6) is 0 Å². The molecular formula is C15H10BrFN2OS. The first-order chi connectivity index (χ1) is 9.99. The molecule has 0 aliphatic rings. The predicted octanol–water partition coefficient (Wildman–Crippen LogP) is 4.26. The average molecular weight is 365 g/mol. The molecule has 0 saturated carbocycles. The number of nitrogens with zero attached hydrogens (tertiary/aromatic N) is 1. The molecule has 106 valence electrons. The number of hydrogen-bond acceptors (Lipinski definition) is 2. The average Bonchev–Trinajstić information content (AvgIpc) is 2.44.